The van der Waals surface area contributed by atoms with Gasteiger partial charge < -0.3 is 10.3 Å². The van der Waals surface area contributed by atoms with Crippen LogP contribution in [0.25, 0.3) is 17.1 Å². The summed E-state index contributed by atoms with van der Waals surface area (Å²) in [4.78, 5) is 20.5. The SMILES string of the molecule is Cc1ccsc1C=CC(=O)NCc1nc2ccccc2[nH]1. The van der Waals surface area contributed by atoms with E-state index in [-0.39, 0.29) is 5.91 Å². The first kappa shape index (κ1) is 13.6. The molecule has 0 aliphatic rings. The van der Waals surface area contributed by atoms with Crippen molar-refractivity contribution in [1.29, 1.82) is 0 Å². The summed E-state index contributed by atoms with van der Waals surface area (Å²) >= 11 is 1.62. The van der Waals surface area contributed by atoms with E-state index in [0.717, 1.165) is 21.7 Å². The zero-order valence-corrected chi connectivity index (χ0v) is 12.4. The Balaban J connectivity index is 1.60. The zero-order valence-electron chi connectivity index (χ0n) is 11.6. The molecule has 0 radical (unpaired) electrons. The topological polar surface area (TPSA) is 57.8 Å². The highest BCUT2D eigenvalue weighted by Gasteiger charge is 2.03. The molecule has 0 spiro atoms. The highest BCUT2D eigenvalue weighted by atomic mass is 32.1. The molecule has 1 aromatic carbocycles. The molecule has 106 valence electrons. The van der Waals surface area contributed by atoms with Crippen LogP contribution in [0.15, 0.2) is 41.8 Å². The standard InChI is InChI=1S/C16H15N3OS/c1-11-8-9-21-14(11)6-7-16(20)17-10-15-18-12-4-2-3-5-13(12)19-15/h2-9H,10H2,1H3,(H,17,20)(H,18,19). The molecular formula is C16H15N3OS. The summed E-state index contributed by atoms with van der Waals surface area (Å²) in [5, 5.41) is 4.84. The Labute approximate surface area is 126 Å². The smallest absolute Gasteiger partial charge is 0.244 e. The van der Waals surface area contributed by atoms with Gasteiger partial charge in [-0.15, -0.1) is 11.3 Å². The number of imidazole rings is 1. The lowest BCUT2D eigenvalue weighted by molar-refractivity contribution is -0.116. The van der Waals surface area contributed by atoms with Gasteiger partial charge in [0.2, 0.25) is 5.91 Å². The Bertz CT molecular complexity index is 768. The molecule has 0 bridgehead atoms. The van der Waals surface area contributed by atoms with Crippen LogP contribution < -0.4 is 5.32 Å². The molecule has 2 heterocycles. The van der Waals surface area contributed by atoms with Crippen molar-refractivity contribution in [3.63, 3.8) is 0 Å². The Hall–Kier alpha value is -2.40. The number of H-pyrrole nitrogens is 1. The monoisotopic (exact) mass is 297 g/mol. The summed E-state index contributed by atoms with van der Waals surface area (Å²) < 4.78 is 0. The van der Waals surface area contributed by atoms with Crippen molar-refractivity contribution in [1.82, 2.24) is 15.3 Å². The van der Waals surface area contributed by atoms with Crippen LogP contribution in [0, 0.1) is 6.92 Å². The number of amides is 1. The molecule has 0 aliphatic carbocycles. The Kier molecular flexibility index (Phi) is 3.83. The van der Waals surface area contributed by atoms with Gasteiger partial charge in [0.1, 0.15) is 5.82 Å². The molecule has 0 saturated heterocycles. The number of hydrogen-bond acceptors (Lipinski definition) is 3. The van der Waals surface area contributed by atoms with Crippen molar-refractivity contribution < 1.29 is 4.79 Å². The maximum Gasteiger partial charge on any atom is 0.244 e. The number of benzene rings is 1. The molecule has 1 amide bonds. The number of aryl methyl sites for hydroxylation is 1. The van der Waals surface area contributed by atoms with E-state index < -0.39 is 0 Å². The molecular weight excluding hydrogens is 282 g/mol. The number of hydrogen-bond donors (Lipinski definition) is 2. The lowest BCUT2D eigenvalue weighted by Gasteiger charge is -1.98. The van der Waals surface area contributed by atoms with E-state index in [1.54, 1.807) is 17.4 Å². The summed E-state index contributed by atoms with van der Waals surface area (Å²) in [5.74, 6) is 0.633. The van der Waals surface area contributed by atoms with E-state index in [9.17, 15) is 4.79 Å². The van der Waals surface area contributed by atoms with E-state index in [0.29, 0.717) is 6.54 Å². The Morgan fingerprint density at radius 1 is 1.38 bits per heavy atom. The molecule has 0 fully saturated rings. The number of carbonyl (C=O) groups is 1. The highest BCUT2D eigenvalue weighted by molar-refractivity contribution is 7.11. The van der Waals surface area contributed by atoms with Crippen molar-refractivity contribution in [3.8, 4) is 0 Å². The third-order valence-corrected chi connectivity index (χ3v) is 4.14. The number of nitrogens with zero attached hydrogens (tertiary/aromatic N) is 1. The lowest BCUT2D eigenvalue weighted by atomic mass is 10.3. The molecule has 2 N–H and O–H groups in total. The van der Waals surface area contributed by atoms with Crippen molar-refractivity contribution in [2.45, 2.75) is 13.5 Å². The molecule has 2 aromatic heterocycles. The first-order valence-electron chi connectivity index (χ1n) is 6.66. The fourth-order valence-corrected chi connectivity index (χ4v) is 2.85. The molecule has 0 saturated carbocycles. The first-order valence-corrected chi connectivity index (χ1v) is 7.54. The third-order valence-electron chi connectivity index (χ3n) is 3.16. The summed E-state index contributed by atoms with van der Waals surface area (Å²) in [5.41, 5.74) is 3.07. The van der Waals surface area contributed by atoms with Gasteiger partial charge in [-0.05, 0) is 42.1 Å². The fraction of sp³-hybridized carbons (Fsp3) is 0.125. The molecule has 0 aliphatic heterocycles. The van der Waals surface area contributed by atoms with Crippen molar-refractivity contribution in [2.24, 2.45) is 0 Å². The van der Waals surface area contributed by atoms with Crippen LogP contribution >= 0.6 is 11.3 Å². The minimum absolute atomic E-state index is 0.122. The van der Waals surface area contributed by atoms with Gasteiger partial charge in [-0.3, -0.25) is 4.79 Å². The van der Waals surface area contributed by atoms with Gasteiger partial charge in [-0.2, -0.15) is 0 Å². The zero-order chi connectivity index (χ0) is 14.7. The number of para-hydroxylation sites is 2. The van der Waals surface area contributed by atoms with Gasteiger partial charge in [0.15, 0.2) is 0 Å². The second-order valence-electron chi connectivity index (χ2n) is 4.72. The quantitative estimate of drug-likeness (QED) is 0.726. The number of aromatic amines is 1. The van der Waals surface area contributed by atoms with Gasteiger partial charge in [0.05, 0.1) is 17.6 Å². The number of rotatable bonds is 4. The predicted octanol–water partition coefficient (Wildman–Crippen LogP) is 3.26. The van der Waals surface area contributed by atoms with Crippen LogP contribution in [0.5, 0.6) is 0 Å². The second-order valence-corrected chi connectivity index (χ2v) is 5.67. The van der Waals surface area contributed by atoms with E-state index in [4.69, 9.17) is 0 Å². The molecule has 4 nitrogen and oxygen atoms in total. The van der Waals surface area contributed by atoms with Crippen molar-refractivity contribution >= 4 is 34.4 Å². The van der Waals surface area contributed by atoms with Crippen LogP contribution in [0.2, 0.25) is 0 Å². The van der Waals surface area contributed by atoms with E-state index in [2.05, 4.69) is 15.3 Å². The Morgan fingerprint density at radius 2 is 2.24 bits per heavy atom. The van der Waals surface area contributed by atoms with Crippen molar-refractivity contribution in [2.75, 3.05) is 0 Å². The molecule has 0 unspecified atom stereocenters. The van der Waals surface area contributed by atoms with Crippen LogP contribution in [0.4, 0.5) is 0 Å². The number of carbonyl (C=O) groups excluding carboxylic acids is 1. The molecule has 3 aromatic rings. The first-order chi connectivity index (χ1) is 10.2. The van der Waals surface area contributed by atoms with Crippen LogP contribution in [-0.4, -0.2) is 15.9 Å². The summed E-state index contributed by atoms with van der Waals surface area (Å²) in [6.07, 6.45) is 3.40. The second kappa shape index (κ2) is 5.93. The van der Waals surface area contributed by atoms with E-state index in [1.165, 1.54) is 5.56 Å². The third kappa shape index (κ3) is 3.20. The number of aromatic nitrogens is 2. The maximum absolute atomic E-state index is 11.8. The average molecular weight is 297 g/mol. The van der Waals surface area contributed by atoms with Crippen LogP contribution in [0.1, 0.15) is 16.3 Å². The van der Waals surface area contributed by atoms with Crippen LogP contribution in [-0.2, 0) is 11.3 Å². The molecule has 3 rings (SSSR count). The summed E-state index contributed by atoms with van der Waals surface area (Å²) in [7, 11) is 0. The van der Waals surface area contributed by atoms with E-state index >= 15 is 0 Å². The number of thiophene rings is 1. The van der Waals surface area contributed by atoms with E-state index in [1.807, 2.05) is 48.7 Å². The minimum Gasteiger partial charge on any atom is -0.345 e. The largest absolute Gasteiger partial charge is 0.345 e. The highest BCUT2D eigenvalue weighted by Crippen LogP contribution is 2.16. The minimum atomic E-state index is -0.122. The van der Waals surface area contributed by atoms with Gasteiger partial charge in [-0.1, -0.05) is 12.1 Å². The van der Waals surface area contributed by atoms with Gasteiger partial charge in [0.25, 0.3) is 0 Å². The van der Waals surface area contributed by atoms with Gasteiger partial charge in [-0.25, -0.2) is 4.98 Å². The fourth-order valence-electron chi connectivity index (χ4n) is 2.03. The van der Waals surface area contributed by atoms with Crippen molar-refractivity contribution in [3.05, 3.63) is 58.1 Å². The predicted molar refractivity (Wildman–Crippen MR) is 86.0 cm³/mol. The van der Waals surface area contributed by atoms with Gasteiger partial charge in [0, 0.05) is 11.0 Å². The number of nitrogens with one attached hydrogen (secondary N) is 2. The lowest BCUT2D eigenvalue weighted by Crippen LogP contribution is -2.20. The number of fused-ring (bicyclic) bond motifs is 1. The van der Waals surface area contributed by atoms with Crippen LogP contribution in [0.3, 0.4) is 0 Å². The normalized spacial score (nSPS) is 11.3. The molecule has 21 heavy (non-hydrogen) atoms. The molecule has 5 heteroatoms. The maximum atomic E-state index is 11.8. The summed E-state index contributed by atoms with van der Waals surface area (Å²) in [6, 6.07) is 9.84. The molecule has 0 atom stereocenters. The Morgan fingerprint density at radius 3 is 3.00 bits per heavy atom. The summed E-state index contributed by atoms with van der Waals surface area (Å²) in [6.45, 7) is 2.42. The van der Waals surface area contributed by atoms with Gasteiger partial charge >= 0.3 is 0 Å². The average Bonchev–Trinajstić information content (AvgIpc) is 3.08.